The van der Waals surface area contributed by atoms with Crippen molar-refractivity contribution in [3.63, 3.8) is 0 Å². The summed E-state index contributed by atoms with van der Waals surface area (Å²) in [7, 11) is 1.65. The Morgan fingerprint density at radius 1 is 0.966 bits per heavy atom. The van der Waals surface area contributed by atoms with Crippen molar-refractivity contribution >= 4 is 23.4 Å². The minimum atomic E-state index is -0.223. The van der Waals surface area contributed by atoms with E-state index in [0.29, 0.717) is 5.92 Å². The van der Waals surface area contributed by atoms with E-state index in [-0.39, 0.29) is 6.10 Å². The van der Waals surface area contributed by atoms with Gasteiger partial charge in [0.25, 0.3) is 0 Å². The summed E-state index contributed by atoms with van der Waals surface area (Å²) in [6.07, 6.45) is -0.223. The zero-order valence-corrected chi connectivity index (χ0v) is 18.7. The lowest BCUT2D eigenvalue weighted by molar-refractivity contribution is 0.207. The fourth-order valence-electron chi connectivity index (χ4n) is 2.88. The molecule has 3 aromatic rings. The molecular weight excluding hydrogens is 406 g/mol. The second kappa shape index (κ2) is 10.0. The van der Waals surface area contributed by atoms with E-state index in [0.717, 1.165) is 39.8 Å². The average molecular weight is 432 g/mol. The van der Waals surface area contributed by atoms with E-state index in [2.05, 4.69) is 28.6 Å². The van der Waals surface area contributed by atoms with Crippen molar-refractivity contribution in [1.82, 2.24) is 14.8 Å². The number of hydrogen-bond donors (Lipinski definition) is 0. The van der Waals surface area contributed by atoms with E-state index in [1.165, 1.54) is 5.56 Å². The fraction of sp³-hybridized carbons (Fsp3) is 0.364. The maximum Gasteiger partial charge on any atom is 0.191 e. The van der Waals surface area contributed by atoms with E-state index >= 15 is 0 Å². The summed E-state index contributed by atoms with van der Waals surface area (Å²) in [5, 5.41) is 10.5. The Bertz CT molecular complexity index is 911. The van der Waals surface area contributed by atoms with E-state index in [9.17, 15) is 0 Å². The second-order valence-corrected chi connectivity index (χ2v) is 8.57. The van der Waals surface area contributed by atoms with Crippen molar-refractivity contribution in [2.75, 3.05) is 7.11 Å². The molecule has 0 aliphatic heterocycles. The van der Waals surface area contributed by atoms with E-state index in [1.807, 2.05) is 55.5 Å². The van der Waals surface area contributed by atoms with Crippen LogP contribution in [0.1, 0.15) is 38.3 Å². The van der Waals surface area contributed by atoms with Crippen LogP contribution in [0.15, 0.2) is 53.7 Å². The smallest absolute Gasteiger partial charge is 0.191 e. The molecule has 3 rings (SSSR count). The molecule has 5 nitrogen and oxygen atoms in total. The first-order valence-electron chi connectivity index (χ1n) is 9.57. The Morgan fingerprint density at radius 2 is 1.62 bits per heavy atom. The Hall–Kier alpha value is -2.18. The topological polar surface area (TPSA) is 49.2 Å². The van der Waals surface area contributed by atoms with Crippen LogP contribution in [0, 0.1) is 5.92 Å². The van der Waals surface area contributed by atoms with Gasteiger partial charge in [-0.15, -0.1) is 10.2 Å². The highest BCUT2D eigenvalue weighted by molar-refractivity contribution is 7.98. The second-order valence-electron chi connectivity index (χ2n) is 7.20. The van der Waals surface area contributed by atoms with Crippen LogP contribution in [0.2, 0.25) is 5.02 Å². The third-order valence-electron chi connectivity index (χ3n) is 4.31. The van der Waals surface area contributed by atoms with Crippen molar-refractivity contribution in [2.45, 2.75) is 44.3 Å². The number of thioether (sulfide) groups is 1. The fourth-order valence-corrected chi connectivity index (χ4v) is 3.92. The summed E-state index contributed by atoms with van der Waals surface area (Å²) >= 11 is 7.65. The van der Waals surface area contributed by atoms with Gasteiger partial charge in [-0.1, -0.05) is 49.3 Å². The largest absolute Gasteiger partial charge is 0.497 e. The molecule has 0 amide bonds. The third kappa shape index (κ3) is 5.90. The van der Waals surface area contributed by atoms with Gasteiger partial charge in [0.05, 0.1) is 7.11 Å². The summed E-state index contributed by atoms with van der Waals surface area (Å²) in [6.45, 7) is 7.21. The molecule has 0 N–H and O–H groups in total. The molecule has 1 aromatic heterocycles. The van der Waals surface area contributed by atoms with E-state index in [4.69, 9.17) is 21.1 Å². The monoisotopic (exact) mass is 431 g/mol. The first kappa shape index (κ1) is 21.5. The number of ether oxygens (including phenoxy) is 2. The molecule has 29 heavy (non-hydrogen) atoms. The first-order valence-corrected chi connectivity index (χ1v) is 10.9. The molecule has 0 radical (unpaired) electrons. The van der Waals surface area contributed by atoms with Gasteiger partial charge < -0.3 is 14.0 Å². The molecule has 1 atom stereocenters. The number of benzene rings is 2. The van der Waals surface area contributed by atoms with Gasteiger partial charge in [0.15, 0.2) is 17.1 Å². The average Bonchev–Trinajstić information content (AvgIpc) is 3.10. The van der Waals surface area contributed by atoms with Crippen molar-refractivity contribution in [2.24, 2.45) is 5.92 Å². The molecule has 154 valence electrons. The van der Waals surface area contributed by atoms with Crippen LogP contribution in [0.5, 0.6) is 11.5 Å². The summed E-state index contributed by atoms with van der Waals surface area (Å²) in [4.78, 5) is 0. The quantitative estimate of drug-likeness (QED) is 0.387. The Labute approximate surface area is 181 Å². The van der Waals surface area contributed by atoms with Gasteiger partial charge in [-0.2, -0.15) is 0 Å². The van der Waals surface area contributed by atoms with Crippen LogP contribution in [0.3, 0.4) is 0 Å². The molecule has 0 fully saturated rings. The molecule has 2 aromatic carbocycles. The standard InChI is InChI=1S/C22H26ClN3O2S/c1-15(2)13-26-21(16(3)28-20-11-9-19(27-4)10-12-20)24-25-22(26)29-14-17-5-7-18(23)8-6-17/h5-12,15-16H,13-14H2,1-4H3. The molecule has 0 aliphatic carbocycles. The van der Waals surface area contributed by atoms with E-state index in [1.54, 1.807) is 18.9 Å². The molecule has 0 bridgehead atoms. The van der Waals surface area contributed by atoms with Crippen LogP contribution in [-0.4, -0.2) is 21.9 Å². The number of methoxy groups -OCH3 is 1. The predicted octanol–water partition coefficient (Wildman–Crippen LogP) is 6.03. The maximum atomic E-state index is 6.11. The van der Waals surface area contributed by atoms with Crippen LogP contribution in [0.25, 0.3) is 0 Å². The zero-order chi connectivity index (χ0) is 20.8. The van der Waals surface area contributed by atoms with Crippen molar-refractivity contribution in [3.05, 3.63) is 64.9 Å². The van der Waals surface area contributed by atoms with Gasteiger partial charge in [0.2, 0.25) is 0 Å². The molecule has 0 saturated carbocycles. The molecule has 0 aliphatic rings. The normalized spacial score (nSPS) is 12.2. The SMILES string of the molecule is COc1ccc(OC(C)c2nnc(SCc3ccc(Cl)cc3)n2CC(C)C)cc1. The Balaban J connectivity index is 1.75. The first-order chi connectivity index (χ1) is 14.0. The molecule has 1 heterocycles. The van der Waals surface area contributed by atoms with Gasteiger partial charge in [0.1, 0.15) is 11.5 Å². The van der Waals surface area contributed by atoms with Crippen LogP contribution in [0.4, 0.5) is 0 Å². The van der Waals surface area contributed by atoms with Crippen molar-refractivity contribution < 1.29 is 9.47 Å². The lowest BCUT2D eigenvalue weighted by Gasteiger charge is -2.18. The number of nitrogens with zero attached hydrogens (tertiary/aromatic N) is 3. The molecule has 0 spiro atoms. The predicted molar refractivity (Wildman–Crippen MR) is 118 cm³/mol. The van der Waals surface area contributed by atoms with E-state index < -0.39 is 0 Å². The van der Waals surface area contributed by atoms with Crippen molar-refractivity contribution in [1.29, 1.82) is 0 Å². The van der Waals surface area contributed by atoms with Gasteiger partial charge >= 0.3 is 0 Å². The summed E-state index contributed by atoms with van der Waals surface area (Å²) in [5.41, 5.74) is 1.20. The summed E-state index contributed by atoms with van der Waals surface area (Å²) in [5.74, 6) is 3.67. The van der Waals surface area contributed by atoms with Crippen LogP contribution < -0.4 is 9.47 Å². The molecule has 7 heteroatoms. The minimum absolute atomic E-state index is 0.223. The highest BCUT2D eigenvalue weighted by atomic mass is 35.5. The molecular formula is C22H26ClN3O2S. The highest BCUT2D eigenvalue weighted by Gasteiger charge is 2.20. The highest BCUT2D eigenvalue weighted by Crippen LogP contribution is 2.28. The number of hydrogen-bond acceptors (Lipinski definition) is 5. The summed E-state index contributed by atoms with van der Waals surface area (Å²) in [6, 6.07) is 15.5. The van der Waals surface area contributed by atoms with Crippen LogP contribution in [-0.2, 0) is 12.3 Å². The van der Waals surface area contributed by atoms with Crippen molar-refractivity contribution in [3.8, 4) is 11.5 Å². The molecule has 0 saturated heterocycles. The van der Waals surface area contributed by atoms with Gasteiger partial charge in [-0.05, 0) is 54.8 Å². The number of rotatable bonds is 9. The lowest BCUT2D eigenvalue weighted by Crippen LogP contribution is -2.15. The molecule has 1 unspecified atom stereocenters. The van der Waals surface area contributed by atoms with Gasteiger partial charge in [0, 0.05) is 17.3 Å². The lowest BCUT2D eigenvalue weighted by atomic mass is 10.2. The van der Waals surface area contributed by atoms with Gasteiger partial charge in [-0.25, -0.2) is 0 Å². The zero-order valence-electron chi connectivity index (χ0n) is 17.1. The maximum absolute atomic E-state index is 6.11. The summed E-state index contributed by atoms with van der Waals surface area (Å²) < 4.78 is 13.5. The Morgan fingerprint density at radius 3 is 2.24 bits per heavy atom. The number of aromatic nitrogens is 3. The van der Waals surface area contributed by atoms with Gasteiger partial charge in [-0.3, -0.25) is 0 Å². The Kier molecular flexibility index (Phi) is 7.45. The van der Waals surface area contributed by atoms with Crippen LogP contribution >= 0.6 is 23.4 Å². The third-order valence-corrected chi connectivity index (χ3v) is 5.60. The number of halogens is 1. The minimum Gasteiger partial charge on any atom is -0.497 e.